The molecular weight excluding hydrogens is 376 g/mol. The number of nitrogens with zero attached hydrogens (tertiary/aromatic N) is 4. The van der Waals surface area contributed by atoms with Gasteiger partial charge in [-0.25, -0.2) is 4.98 Å². The zero-order valence-electron chi connectivity index (χ0n) is 16.9. The van der Waals surface area contributed by atoms with E-state index >= 15 is 0 Å². The van der Waals surface area contributed by atoms with Gasteiger partial charge in [-0.1, -0.05) is 43.2 Å². The predicted octanol–water partition coefficient (Wildman–Crippen LogP) is 3.56. The molecule has 3 heterocycles. The first kappa shape index (κ1) is 19.0. The molecule has 2 aliphatic rings. The van der Waals surface area contributed by atoms with Crippen LogP contribution in [0.4, 0.5) is 5.95 Å². The molecule has 1 fully saturated rings. The van der Waals surface area contributed by atoms with Crippen LogP contribution in [0.2, 0.25) is 0 Å². The Morgan fingerprint density at radius 3 is 2.50 bits per heavy atom. The molecule has 2 aromatic heterocycles. The van der Waals surface area contributed by atoms with E-state index in [1.54, 1.807) is 23.0 Å². The molecule has 30 heavy (non-hydrogen) atoms. The molecule has 6 nitrogen and oxygen atoms in total. The number of benzene rings is 1. The van der Waals surface area contributed by atoms with E-state index in [9.17, 15) is 9.90 Å². The molecule has 154 valence electrons. The van der Waals surface area contributed by atoms with Gasteiger partial charge in [-0.3, -0.25) is 14.3 Å². The van der Waals surface area contributed by atoms with Gasteiger partial charge in [0.15, 0.2) is 0 Å². The Labute approximate surface area is 175 Å². The lowest BCUT2D eigenvalue weighted by molar-refractivity contribution is 0.164. The molecule has 0 saturated heterocycles. The number of aromatic nitrogens is 3. The highest BCUT2D eigenvalue weighted by Crippen LogP contribution is 2.44. The average molecular weight is 402 g/mol. The van der Waals surface area contributed by atoms with Gasteiger partial charge in [-0.05, 0) is 37.0 Å². The number of hydrogen-bond donors (Lipinski definition) is 1. The fraction of sp³-hybridized carbons (Fsp3) is 0.375. The SMILES string of the molecule is O=c1cc(-c2ccncc2)nc2n1CCC1(CCCC1)N2C[C@H](O)c1ccccc1. The van der Waals surface area contributed by atoms with E-state index < -0.39 is 6.10 Å². The van der Waals surface area contributed by atoms with Crippen molar-refractivity contribution in [2.45, 2.75) is 50.3 Å². The van der Waals surface area contributed by atoms with Gasteiger partial charge in [0.1, 0.15) is 0 Å². The van der Waals surface area contributed by atoms with Gasteiger partial charge in [-0.15, -0.1) is 0 Å². The minimum Gasteiger partial charge on any atom is -0.387 e. The first-order valence-electron chi connectivity index (χ1n) is 10.7. The molecule has 1 spiro atoms. The lowest BCUT2D eigenvalue weighted by Crippen LogP contribution is -2.55. The largest absolute Gasteiger partial charge is 0.387 e. The van der Waals surface area contributed by atoms with Crippen molar-refractivity contribution >= 4 is 5.95 Å². The van der Waals surface area contributed by atoms with Gasteiger partial charge in [0.2, 0.25) is 5.95 Å². The van der Waals surface area contributed by atoms with Crippen molar-refractivity contribution in [2.24, 2.45) is 0 Å². The summed E-state index contributed by atoms with van der Waals surface area (Å²) in [7, 11) is 0. The first-order chi connectivity index (χ1) is 14.7. The molecule has 5 rings (SSSR count). The smallest absolute Gasteiger partial charge is 0.255 e. The van der Waals surface area contributed by atoms with Crippen molar-refractivity contribution in [3.05, 3.63) is 76.8 Å². The number of aliphatic hydroxyl groups is 1. The second-order valence-corrected chi connectivity index (χ2v) is 8.39. The quantitative estimate of drug-likeness (QED) is 0.723. The Hall–Kier alpha value is -2.99. The van der Waals surface area contributed by atoms with E-state index in [-0.39, 0.29) is 11.1 Å². The Kier molecular flexibility index (Phi) is 4.87. The van der Waals surface area contributed by atoms with Gasteiger partial charge in [0.25, 0.3) is 5.56 Å². The predicted molar refractivity (Wildman–Crippen MR) is 116 cm³/mol. The van der Waals surface area contributed by atoms with Gasteiger partial charge in [-0.2, -0.15) is 0 Å². The van der Waals surface area contributed by atoms with Crippen molar-refractivity contribution in [3.8, 4) is 11.3 Å². The zero-order valence-corrected chi connectivity index (χ0v) is 16.9. The van der Waals surface area contributed by atoms with E-state index in [4.69, 9.17) is 4.98 Å². The number of hydrogen-bond acceptors (Lipinski definition) is 5. The Morgan fingerprint density at radius 1 is 1.03 bits per heavy atom. The molecule has 1 aliphatic heterocycles. The fourth-order valence-electron chi connectivity index (χ4n) is 5.03. The topological polar surface area (TPSA) is 71.2 Å². The molecular formula is C24H26N4O2. The van der Waals surface area contributed by atoms with Gasteiger partial charge in [0, 0.05) is 36.1 Å². The van der Waals surface area contributed by atoms with Crippen LogP contribution in [0.5, 0.6) is 0 Å². The van der Waals surface area contributed by atoms with Crippen LogP contribution < -0.4 is 10.5 Å². The summed E-state index contributed by atoms with van der Waals surface area (Å²) in [6, 6.07) is 15.1. The maximum Gasteiger partial charge on any atom is 0.255 e. The molecule has 3 aromatic rings. The average Bonchev–Trinajstić information content (AvgIpc) is 3.26. The van der Waals surface area contributed by atoms with Gasteiger partial charge in [0.05, 0.1) is 18.3 Å². The molecule has 0 amide bonds. The van der Waals surface area contributed by atoms with Crippen molar-refractivity contribution < 1.29 is 5.11 Å². The third-order valence-electron chi connectivity index (χ3n) is 6.65. The van der Waals surface area contributed by atoms with Crippen molar-refractivity contribution in [3.63, 3.8) is 0 Å². The summed E-state index contributed by atoms with van der Waals surface area (Å²) < 4.78 is 1.77. The van der Waals surface area contributed by atoms with E-state index in [0.717, 1.165) is 30.4 Å². The fourth-order valence-corrected chi connectivity index (χ4v) is 5.03. The number of fused-ring (bicyclic) bond motifs is 1. The molecule has 0 radical (unpaired) electrons. The van der Waals surface area contributed by atoms with Crippen molar-refractivity contribution in [1.82, 2.24) is 14.5 Å². The number of pyridine rings is 1. The van der Waals surface area contributed by atoms with Crippen LogP contribution in [0.3, 0.4) is 0 Å². The summed E-state index contributed by atoms with van der Waals surface area (Å²) in [6.07, 6.45) is 8.19. The second-order valence-electron chi connectivity index (χ2n) is 8.39. The summed E-state index contributed by atoms with van der Waals surface area (Å²) in [5.74, 6) is 0.678. The number of β-amino-alcohol motifs (C(OH)–C–C–N with tert-alkyl or cyclic N) is 1. The lowest BCUT2D eigenvalue weighted by atomic mass is 9.88. The molecule has 6 heteroatoms. The molecule has 0 bridgehead atoms. The van der Waals surface area contributed by atoms with Crippen molar-refractivity contribution in [1.29, 1.82) is 0 Å². The summed E-state index contributed by atoms with van der Waals surface area (Å²) >= 11 is 0. The lowest BCUT2D eigenvalue weighted by Gasteiger charge is -2.47. The summed E-state index contributed by atoms with van der Waals surface area (Å²) in [5.41, 5.74) is 2.34. The minimum atomic E-state index is -0.642. The molecule has 1 atom stereocenters. The van der Waals surface area contributed by atoms with Crippen LogP contribution in [0.1, 0.15) is 43.8 Å². The maximum absolute atomic E-state index is 13.0. The monoisotopic (exact) mass is 402 g/mol. The van der Waals surface area contributed by atoms with Crippen LogP contribution in [-0.2, 0) is 6.54 Å². The van der Waals surface area contributed by atoms with E-state index in [1.807, 2.05) is 42.5 Å². The Balaban J connectivity index is 1.60. The molecule has 1 N–H and O–H groups in total. The standard InChI is InChI=1S/C24H26N4O2/c29-21(19-6-2-1-3-7-19)17-28-23-26-20(18-8-13-25-14-9-18)16-22(30)27(23)15-12-24(28)10-4-5-11-24/h1-3,6-9,13-14,16,21,29H,4-5,10-12,15,17H2/t21-/m0/s1. The van der Waals surface area contributed by atoms with Crippen LogP contribution in [0.25, 0.3) is 11.3 Å². The summed E-state index contributed by atoms with van der Waals surface area (Å²) in [5, 5.41) is 11.0. The first-order valence-corrected chi connectivity index (χ1v) is 10.7. The van der Waals surface area contributed by atoms with E-state index in [2.05, 4.69) is 9.88 Å². The number of aliphatic hydroxyl groups excluding tert-OH is 1. The molecule has 1 saturated carbocycles. The zero-order chi connectivity index (χ0) is 20.6. The number of anilines is 1. The summed E-state index contributed by atoms with van der Waals surface area (Å²) in [4.78, 5) is 24.2. The van der Waals surface area contributed by atoms with Gasteiger partial charge < -0.3 is 10.0 Å². The van der Waals surface area contributed by atoms with Crippen LogP contribution >= 0.6 is 0 Å². The third-order valence-corrected chi connectivity index (χ3v) is 6.65. The van der Waals surface area contributed by atoms with E-state index in [0.29, 0.717) is 24.7 Å². The number of rotatable bonds is 4. The molecule has 1 aromatic carbocycles. The van der Waals surface area contributed by atoms with Crippen LogP contribution in [0.15, 0.2) is 65.7 Å². The maximum atomic E-state index is 13.0. The van der Waals surface area contributed by atoms with Gasteiger partial charge >= 0.3 is 0 Å². The highest BCUT2D eigenvalue weighted by molar-refractivity contribution is 5.60. The molecule has 0 unspecified atom stereocenters. The second kappa shape index (κ2) is 7.69. The van der Waals surface area contributed by atoms with Crippen LogP contribution in [-0.4, -0.2) is 31.7 Å². The highest BCUT2D eigenvalue weighted by atomic mass is 16.3. The summed E-state index contributed by atoms with van der Waals surface area (Å²) in [6.45, 7) is 1.10. The van der Waals surface area contributed by atoms with Crippen molar-refractivity contribution in [2.75, 3.05) is 11.4 Å². The third kappa shape index (κ3) is 3.31. The minimum absolute atomic E-state index is 0.0356. The highest BCUT2D eigenvalue weighted by Gasteiger charge is 2.44. The Morgan fingerprint density at radius 2 is 1.77 bits per heavy atom. The van der Waals surface area contributed by atoms with Crippen LogP contribution in [0, 0.1) is 0 Å². The van der Waals surface area contributed by atoms with E-state index in [1.165, 1.54) is 12.8 Å². The molecule has 1 aliphatic carbocycles. The Bertz CT molecular complexity index is 1080. The normalized spacial score (nSPS) is 18.4.